The van der Waals surface area contributed by atoms with Gasteiger partial charge >= 0.3 is 0 Å². The van der Waals surface area contributed by atoms with Gasteiger partial charge in [0.05, 0.1) is 23.0 Å². The number of hydrogen-bond donors (Lipinski definition) is 0. The monoisotopic (exact) mass is 315 g/mol. The molecule has 2 aromatic rings. The molecule has 0 bridgehead atoms. The Morgan fingerprint density at radius 2 is 2.14 bits per heavy atom. The highest BCUT2D eigenvalue weighted by Crippen LogP contribution is 2.23. The van der Waals surface area contributed by atoms with E-state index in [2.05, 4.69) is 21.8 Å². The first-order valence-corrected chi connectivity index (χ1v) is 8.90. The highest BCUT2D eigenvalue weighted by atomic mass is 32.2. The zero-order valence-electron chi connectivity index (χ0n) is 12.9. The summed E-state index contributed by atoms with van der Waals surface area (Å²) in [5.74, 6) is 0.676. The fourth-order valence-electron chi connectivity index (χ4n) is 2.98. The average molecular weight is 315 g/mol. The van der Waals surface area contributed by atoms with Crippen LogP contribution in [0.3, 0.4) is 0 Å². The number of thioether (sulfide) groups is 1. The van der Waals surface area contributed by atoms with E-state index >= 15 is 0 Å². The first kappa shape index (κ1) is 15.3. The topological polar surface area (TPSA) is 46.1 Å². The highest BCUT2D eigenvalue weighted by molar-refractivity contribution is 7.99. The van der Waals surface area contributed by atoms with Crippen LogP contribution in [0.15, 0.2) is 35.5 Å². The lowest BCUT2D eigenvalue weighted by molar-refractivity contribution is -0.132. The van der Waals surface area contributed by atoms with E-state index in [1.165, 1.54) is 18.2 Å². The normalized spacial score (nSPS) is 18.6. The quantitative estimate of drug-likeness (QED) is 0.810. The zero-order valence-corrected chi connectivity index (χ0v) is 13.7. The molecule has 1 aromatic carbocycles. The second-order valence-electron chi connectivity index (χ2n) is 5.63. The molecule has 0 N–H and O–H groups in total. The van der Waals surface area contributed by atoms with Gasteiger partial charge in [-0.15, -0.1) is 0 Å². The third-order valence-corrected chi connectivity index (χ3v) is 5.07. The number of aromatic nitrogens is 2. The van der Waals surface area contributed by atoms with Gasteiger partial charge in [-0.05, 0) is 37.8 Å². The van der Waals surface area contributed by atoms with Gasteiger partial charge in [-0.2, -0.15) is 0 Å². The molecule has 22 heavy (non-hydrogen) atoms. The van der Waals surface area contributed by atoms with Gasteiger partial charge in [-0.1, -0.05) is 30.8 Å². The molecule has 0 radical (unpaired) electrons. The lowest BCUT2D eigenvalue weighted by Gasteiger charge is -2.35. The van der Waals surface area contributed by atoms with Crippen LogP contribution in [0.5, 0.6) is 0 Å². The number of para-hydroxylation sites is 2. The van der Waals surface area contributed by atoms with E-state index < -0.39 is 0 Å². The summed E-state index contributed by atoms with van der Waals surface area (Å²) in [5.41, 5.74) is 1.77. The van der Waals surface area contributed by atoms with Crippen LogP contribution in [-0.2, 0) is 4.79 Å². The number of piperidine rings is 1. The molecular weight excluding hydrogens is 294 g/mol. The molecule has 116 valence electrons. The van der Waals surface area contributed by atoms with Crippen molar-refractivity contribution in [3.8, 4) is 0 Å². The highest BCUT2D eigenvalue weighted by Gasteiger charge is 2.25. The number of benzene rings is 1. The Kier molecular flexibility index (Phi) is 4.93. The number of carbonyl (C=O) groups is 1. The summed E-state index contributed by atoms with van der Waals surface area (Å²) in [7, 11) is 0. The second kappa shape index (κ2) is 7.09. The summed E-state index contributed by atoms with van der Waals surface area (Å²) in [6.45, 7) is 3.07. The van der Waals surface area contributed by atoms with Gasteiger partial charge in [0.1, 0.15) is 5.03 Å². The molecule has 1 fully saturated rings. The van der Waals surface area contributed by atoms with E-state index in [0.29, 0.717) is 11.8 Å². The minimum Gasteiger partial charge on any atom is -0.339 e. The number of rotatable bonds is 4. The summed E-state index contributed by atoms with van der Waals surface area (Å²) in [4.78, 5) is 23.5. The summed E-state index contributed by atoms with van der Waals surface area (Å²) in [6.07, 6.45) is 6.32. The zero-order chi connectivity index (χ0) is 15.4. The van der Waals surface area contributed by atoms with E-state index in [1.54, 1.807) is 6.20 Å². The molecule has 0 spiro atoms. The Morgan fingerprint density at radius 3 is 2.95 bits per heavy atom. The van der Waals surface area contributed by atoms with Gasteiger partial charge in [0, 0.05) is 12.6 Å². The summed E-state index contributed by atoms with van der Waals surface area (Å²) in [5, 5.41) is 0.817. The van der Waals surface area contributed by atoms with Crippen LogP contribution >= 0.6 is 11.8 Å². The Morgan fingerprint density at radius 1 is 1.32 bits per heavy atom. The van der Waals surface area contributed by atoms with Crippen molar-refractivity contribution in [2.75, 3.05) is 12.3 Å². The number of carbonyl (C=O) groups excluding carboxylic acids is 1. The Bertz CT molecular complexity index is 661. The second-order valence-corrected chi connectivity index (χ2v) is 6.63. The Labute approximate surface area is 135 Å². The van der Waals surface area contributed by atoms with Crippen LogP contribution in [0.25, 0.3) is 11.0 Å². The van der Waals surface area contributed by atoms with Crippen molar-refractivity contribution in [2.45, 2.75) is 43.7 Å². The lowest BCUT2D eigenvalue weighted by atomic mass is 10.0. The molecule has 3 rings (SSSR count). The van der Waals surface area contributed by atoms with Crippen molar-refractivity contribution in [3.63, 3.8) is 0 Å². The predicted octanol–water partition coefficient (Wildman–Crippen LogP) is 3.51. The van der Waals surface area contributed by atoms with Gasteiger partial charge in [-0.3, -0.25) is 9.78 Å². The van der Waals surface area contributed by atoms with Gasteiger partial charge < -0.3 is 4.90 Å². The number of fused-ring (bicyclic) bond motifs is 1. The smallest absolute Gasteiger partial charge is 0.233 e. The maximum Gasteiger partial charge on any atom is 0.233 e. The first-order chi connectivity index (χ1) is 10.8. The largest absolute Gasteiger partial charge is 0.339 e. The Balaban J connectivity index is 1.64. The van der Waals surface area contributed by atoms with E-state index in [1.807, 2.05) is 24.3 Å². The van der Waals surface area contributed by atoms with Crippen molar-refractivity contribution >= 4 is 28.7 Å². The predicted molar refractivity (Wildman–Crippen MR) is 89.9 cm³/mol. The van der Waals surface area contributed by atoms with Gasteiger partial charge in [0.15, 0.2) is 0 Å². The first-order valence-electron chi connectivity index (χ1n) is 7.92. The fourth-order valence-corrected chi connectivity index (χ4v) is 3.71. The van der Waals surface area contributed by atoms with Gasteiger partial charge in [0.25, 0.3) is 0 Å². The van der Waals surface area contributed by atoms with Crippen LogP contribution in [0.1, 0.15) is 32.6 Å². The number of hydrogen-bond acceptors (Lipinski definition) is 4. The molecule has 0 unspecified atom stereocenters. The summed E-state index contributed by atoms with van der Waals surface area (Å²) < 4.78 is 0. The molecule has 4 nitrogen and oxygen atoms in total. The lowest BCUT2D eigenvalue weighted by Crippen LogP contribution is -2.44. The number of amides is 1. The number of nitrogens with zero attached hydrogens (tertiary/aromatic N) is 3. The maximum atomic E-state index is 12.5. The van der Waals surface area contributed by atoms with E-state index in [9.17, 15) is 4.79 Å². The third kappa shape index (κ3) is 3.40. The average Bonchev–Trinajstić information content (AvgIpc) is 2.59. The van der Waals surface area contributed by atoms with Crippen molar-refractivity contribution in [1.82, 2.24) is 14.9 Å². The number of likely N-dealkylation sites (tertiary alicyclic amines) is 1. The van der Waals surface area contributed by atoms with Crippen molar-refractivity contribution in [3.05, 3.63) is 30.5 Å². The van der Waals surface area contributed by atoms with E-state index in [-0.39, 0.29) is 5.91 Å². The summed E-state index contributed by atoms with van der Waals surface area (Å²) >= 11 is 1.48. The fraction of sp³-hybridized carbons (Fsp3) is 0.471. The molecule has 0 saturated carbocycles. The molecule has 1 amide bonds. The van der Waals surface area contributed by atoms with Crippen molar-refractivity contribution in [1.29, 1.82) is 0 Å². The van der Waals surface area contributed by atoms with Crippen molar-refractivity contribution < 1.29 is 4.79 Å². The van der Waals surface area contributed by atoms with Crippen LogP contribution in [-0.4, -0.2) is 39.1 Å². The molecule has 1 saturated heterocycles. The molecule has 1 aromatic heterocycles. The molecule has 1 aliphatic heterocycles. The van der Waals surface area contributed by atoms with Crippen LogP contribution < -0.4 is 0 Å². The standard InChI is InChI=1S/C17H21N3OS/c1-2-13-7-5-6-10-20(13)17(21)12-22-16-11-18-14-8-3-4-9-15(14)19-16/h3-4,8-9,11,13H,2,5-7,10,12H2,1H3/t13-/m0/s1. The molecule has 1 aliphatic rings. The van der Waals surface area contributed by atoms with Crippen molar-refractivity contribution in [2.24, 2.45) is 0 Å². The third-order valence-electron chi connectivity index (χ3n) is 4.19. The Hall–Kier alpha value is -1.62. The maximum absolute atomic E-state index is 12.5. The molecule has 5 heteroatoms. The van der Waals surface area contributed by atoms with Gasteiger partial charge in [0.2, 0.25) is 5.91 Å². The van der Waals surface area contributed by atoms with Crippen LogP contribution in [0.2, 0.25) is 0 Å². The van der Waals surface area contributed by atoms with E-state index in [0.717, 1.165) is 41.9 Å². The van der Waals surface area contributed by atoms with Gasteiger partial charge in [-0.25, -0.2) is 4.98 Å². The van der Waals surface area contributed by atoms with Crippen LogP contribution in [0.4, 0.5) is 0 Å². The van der Waals surface area contributed by atoms with Crippen LogP contribution in [0, 0.1) is 0 Å². The molecule has 2 heterocycles. The SMILES string of the molecule is CC[C@H]1CCCCN1C(=O)CSc1cnc2ccccc2n1. The minimum atomic E-state index is 0.228. The molecule has 1 atom stereocenters. The minimum absolute atomic E-state index is 0.228. The molecule has 0 aliphatic carbocycles. The summed E-state index contributed by atoms with van der Waals surface area (Å²) in [6, 6.07) is 8.22. The van der Waals surface area contributed by atoms with E-state index in [4.69, 9.17) is 0 Å². The molecular formula is C17H21N3OS.